The molecular weight excluding hydrogens is 574 g/mol. The van der Waals surface area contributed by atoms with Gasteiger partial charge in [0.2, 0.25) is 17.7 Å². The van der Waals surface area contributed by atoms with Crippen molar-refractivity contribution in [2.75, 3.05) is 6.54 Å². The zero-order chi connectivity index (χ0) is 33.7. The first-order valence-corrected chi connectivity index (χ1v) is 15.4. The van der Waals surface area contributed by atoms with E-state index in [-0.39, 0.29) is 68.0 Å². The van der Waals surface area contributed by atoms with E-state index in [9.17, 15) is 38.7 Å². The number of Topliss-reactive ketones (excluding diaryl/α,β-unsaturated/α-hetero) is 1. The highest BCUT2D eigenvalue weighted by molar-refractivity contribution is 5.90. The van der Waals surface area contributed by atoms with Crippen molar-refractivity contribution in [3.63, 3.8) is 0 Å². The summed E-state index contributed by atoms with van der Waals surface area (Å²) in [6.07, 6.45) is 2.56. The molecule has 13 nitrogen and oxygen atoms in total. The molecule has 0 aromatic carbocycles. The predicted octanol–water partition coefficient (Wildman–Crippen LogP) is 2.89. The van der Waals surface area contributed by atoms with Gasteiger partial charge in [-0.15, -0.1) is 0 Å². The summed E-state index contributed by atoms with van der Waals surface area (Å²) >= 11 is 0. The summed E-state index contributed by atoms with van der Waals surface area (Å²) in [4.78, 5) is 83.7. The molecule has 0 bridgehead atoms. The highest BCUT2D eigenvalue weighted by Gasteiger charge is 2.33. The molecule has 0 aromatic heterocycles. The minimum atomic E-state index is -1.30. The van der Waals surface area contributed by atoms with Gasteiger partial charge in [-0.25, -0.2) is 4.79 Å². The number of carbonyl (C=O) groups excluding carboxylic acids is 4. The van der Waals surface area contributed by atoms with E-state index < -0.39 is 53.1 Å². The average molecular weight is 626 g/mol. The molecule has 0 spiro atoms. The maximum absolute atomic E-state index is 12.8. The number of carboxylic acid groups (broad SMARTS) is 3. The van der Waals surface area contributed by atoms with E-state index in [0.29, 0.717) is 38.6 Å². The number of amides is 3. The van der Waals surface area contributed by atoms with Crippen LogP contribution in [-0.2, 0) is 33.6 Å². The third-order valence-electron chi connectivity index (χ3n) is 8.03. The molecule has 0 heterocycles. The van der Waals surface area contributed by atoms with Crippen LogP contribution in [0.3, 0.4) is 0 Å². The van der Waals surface area contributed by atoms with E-state index in [1.165, 1.54) is 0 Å². The Morgan fingerprint density at radius 1 is 0.727 bits per heavy atom. The molecule has 13 heteroatoms. The highest BCUT2D eigenvalue weighted by atomic mass is 16.4. The van der Waals surface area contributed by atoms with Crippen molar-refractivity contribution >= 4 is 41.4 Å². The van der Waals surface area contributed by atoms with E-state index in [4.69, 9.17) is 10.2 Å². The van der Waals surface area contributed by atoms with Crippen LogP contribution in [-0.4, -0.2) is 75.4 Å². The molecular formula is C31H51N3O10. The molecule has 1 saturated carbocycles. The van der Waals surface area contributed by atoms with Crippen LogP contribution in [0.15, 0.2) is 0 Å². The standard InChI is InChI=1S/C31H51N3O10/c1-6-23(35)21(12-14-26(38)39)33-24(36)13-11-22(29(43)44)34-28(42)20-9-7-19(8-10-20)17-32-25(37)15-30(2,3)18-31(4,5)16-27(40)41/h19-22H,6-18H2,1-5H3,(H,32,37)(H,33,36)(H,34,42)(H,38,39)(H,40,41)(H,43,44). The average Bonchev–Trinajstić information content (AvgIpc) is 2.89. The summed E-state index contributed by atoms with van der Waals surface area (Å²) in [5.41, 5.74) is -0.822. The van der Waals surface area contributed by atoms with Gasteiger partial charge in [0.15, 0.2) is 5.78 Å². The molecule has 1 fully saturated rings. The van der Waals surface area contributed by atoms with Crippen LogP contribution in [0.4, 0.5) is 0 Å². The highest BCUT2D eigenvalue weighted by Crippen LogP contribution is 2.38. The number of ketones is 1. The van der Waals surface area contributed by atoms with Crippen LogP contribution in [0.2, 0.25) is 0 Å². The lowest BCUT2D eigenvalue weighted by Crippen LogP contribution is -2.46. The van der Waals surface area contributed by atoms with Crippen LogP contribution >= 0.6 is 0 Å². The summed E-state index contributed by atoms with van der Waals surface area (Å²) in [6.45, 7) is 9.71. The summed E-state index contributed by atoms with van der Waals surface area (Å²) in [7, 11) is 0. The Bertz CT molecular complexity index is 1050. The van der Waals surface area contributed by atoms with Crippen LogP contribution < -0.4 is 16.0 Å². The first-order valence-electron chi connectivity index (χ1n) is 15.4. The molecule has 1 aliphatic carbocycles. The molecule has 3 amide bonds. The maximum atomic E-state index is 12.8. The van der Waals surface area contributed by atoms with E-state index in [0.717, 1.165) is 0 Å². The fourth-order valence-corrected chi connectivity index (χ4v) is 6.13. The van der Waals surface area contributed by atoms with Crippen molar-refractivity contribution in [1.29, 1.82) is 0 Å². The fourth-order valence-electron chi connectivity index (χ4n) is 6.13. The van der Waals surface area contributed by atoms with Gasteiger partial charge in [0, 0.05) is 38.1 Å². The van der Waals surface area contributed by atoms with Gasteiger partial charge in [0.25, 0.3) is 0 Å². The quantitative estimate of drug-likeness (QED) is 0.116. The Hall–Kier alpha value is -3.51. The summed E-state index contributed by atoms with van der Waals surface area (Å²) in [6, 6.07) is -2.27. The van der Waals surface area contributed by atoms with Crippen LogP contribution in [0.1, 0.15) is 112 Å². The Labute approximate surface area is 259 Å². The third kappa shape index (κ3) is 15.3. The molecule has 1 aliphatic rings. The summed E-state index contributed by atoms with van der Waals surface area (Å²) < 4.78 is 0. The third-order valence-corrected chi connectivity index (χ3v) is 8.03. The summed E-state index contributed by atoms with van der Waals surface area (Å²) in [5.74, 6) is -4.92. The molecule has 0 radical (unpaired) electrons. The smallest absolute Gasteiger partial charge is 0.326 e. The molecule has 250 valence electrons. The number of nitrogens with one attached hydrogen (secondary N) is 3. The number of carboxylic acids is 3. The predicted molar refractivity (Wildman–Crippen MR) is 160 cm³/mol. The number of aliphatic carboxylic acids is 3. The minimum Gasteiger partial charge on any atom is -0.481 e. The lowest BCUT2D eigenvalue weighted by atomic mass is 9.71. The molecule has 0 aromatic rings. The van der Waals surface area contributed by atoms with Crippen molar-refractivity contribution in [3.8, 4) is 0 Å². The van der Waals surface area contributed by atoms with Gasteiger partial charge < -0.3 is 31.3 Å². The van der Waals surface area contributed by atoms with Gasteiger partial charge in [-0.1, -0.05) is 34.6 Å². The van der Waals surface area contributed by atoms with Crippen LogP contribution in [0.25, 0.3) is 0 Å². The first-order chi connectivity index (χ1) is 20.3. The number of hydrogen-bond donors (Lipinski definition) is 6. The number of hydrogen-bond acceptors (Lipinski definition) is 7. The largest absolute Gasteiger partial charge is 0.481 e. The van der Waals surface area contributed by atoms with Gasteiger partial charge >= 0.3 is 17.9 Å². The molecule has 2 unspecified atom stereocenters. The lowest BCUT2D eigenvalue weighted by molar-refractivity contribution is -0.143. The van der Waals surface area contributed by atoms with Crippen molar-refractivity contribution in [3.05, 3.63) is 0 Å². The SMILES string of the molecule is CCC(=O)C(CCC(=O)O)NC(=O)CCC(NC(=O)C1CCC(CNC(=O)CC(C)(C)CC(C)(C)CC(=O)O)CC1)C(=O)O. The van der Waals surface area contributed by atoms with Crippen molar-refractivity contribution in [2.24, 2.45) is 22.7 Å². The van der Waals surface area contributed by atoms with Gasteiger partial charge in [-0.3, -0.25) is 28.8 Å². The van der Waals surface area contributed by atoms with Gasteiger partial charge in [0.05, 0.1) is 12.5 Å². The zero-order valence-corrected chi connectivity index (χ0v) is 26.7. The van der Waals surface area contributed by atoms with Crippen molar-refractivity contribution in [1.82, 2.24) is 16.0 Å². The van der Waals surface area contributed by atoms with E-state index in [2.05, 4.69) is 16.0 Å². The van der Waals surface area contributed by atoms with Crippen LogP contribution in [0.5, 0.6) is 0 Å². The number of carbonyl (C=O) groups is 7. The zero-order valence-electron chi connectivity index (χ0n) is 26.7. The van der Waals surface area contributed by atoms with E-state index in [1.807, 2.05) is 27.7 Å². The van der Waals surface area contributed by atoms with Crippen molar-refractivity contribution < 1.29 is 48.9 Å². The minimum absolute atomic E-state index is 0.0230. The molecule has 2 atom stereocenters. The summed E-state index contributed by atoms with van der Waals surface area (Å²) in [5, 5.41) is 35.6. The molecule has 0 saturated heterocycles. The Morgan fingerprint density at radius 3 is 1.82 bits per heavy atom. The van der Waals surface area contributed by atoms with Crippen LogP contribution in [0, 0.1) is 22.7 Å². The molecule has 6 N–H and O–H groups in total. The monoisotopic (exact) mass is 625 g/mol. The topological polar surface area (TPSA) is 216 Å². The van der Waals surface area contributed by atoms with Gasteiger partial charge in [-0.05, 0) is 61.7 Å². The lowest BCUT2D eigenvalue weighted by Gasteiger charge is -2.34. The van der Waals surface area contributed by atoms with Gasteiger partial charge in [0.1, 0.15) is 6.04 Å². The fraction of sp³-hybridized carbons (Fsp3) is 0.774. The maximum Gasteiger partial charge on any atom is 0.326 e. The first kappa shape index (κ1) is 38.5. The van der Waals surface area contributed by atoms with Gasteiger partial charge in [-0.2, -0.15) is 0 Å². The normalized spacial score (nSPS) is 18.4. The van der Waals surface area contributed by atoms with E-state index in [1.54, 1.807) is 6.92 Å². The second-order valence-electron chi connectivity index (χ2n) is 13.6. The van der Waals surface area contributed by atoms with E-state index >= 15 is 0 Å². The second-order valence-corrected chi connectivity index (χ2v) is 13.6. The molecule has 44 heavy (non-hydrogen) atoms. The Balaban J connectivity index is 2.51. The molecule has 0 aliphatic heterocycles. The Morgan fingerprint density at radius 2 is 1.30 bits per heavy atom. The number of rotatable bonds is 20. The molecule has 1 rings (SSSR count). The second kappa shape index (κ2) is 17.7. The van der Waals surface area contributed by atoms with Crippen molar-refractivity contribution in [2.45, 2.75) is 124 Å². The Kier molecular flexibility index (Phi) is 15.5.